The van der Waals surface area contributed by atoms with Crippen LogP contribution < -0.4 is 0 Å². The predicted molar refractivity (Wildman–Crippen MR) is 76.8 cm³/mol. The third kappa shape index (κ3) is 3.80. The van der Waals surface area contributed by atoms with Crippen molar-refractivity contribution in [3.05, 3.63) is 0 Å². The van der Waals surface area contributed by atoms with Crippen molar-refractivity contribution in [1.29, 1.82) is 0 Å². The minimum Gasteiger partial charge on any atom is -0.382 e. The molecule has 2 fully saturated rings. The summed E-state index contributed by atoms with van der Waals surface area (Å²) in [5.41, 5.74) is -0.118. The summed E-state index contributed by atoms with van der Waals surface area (Å²) in [7, 11) is 1.67. The average molecular weight is 284 g/mol. The summed E-state index contributed by atoms with van der Waals surface area (Å²) in [6.45, 7) is 2.69. The van der Waals surface area contributed by atoms with Gasteiger partial charge in [-0.2, -0.15) is 0 Å². The molecule has 0 heterocycles. The summed E-state index contributed by atoms with van der Waals surface area (Å²) < 4.78 is 16.3. The lowest BCUT2D eigenvalue weighted by molar-refractivity contribution is -0.166. The van der Waals surface area contributed by atoms with Gasteiger partial charge in [-0.05, 0) is 19.3 Å². The first-order chi connectivity index (χ1) is 9.79. The van der Waals surface area contributed by atoms with E-state index in [-0.39, 0.29) is 11.5 Å². The van der Waals surface area contributed by atoms with Gasteiger partial charge in [0.2, 0.25) is 0 Å². The second kappa shape index (κ2) is 8.11. The van der Waals surface area contributed by atoms with Gasteiger partial charge in [-0.25, -0.2) is 0 Å². The van der Waals surface area contributed by atoms with Crippen molar-refractivity contribution >= 4 is 5.78 Å². The summed E-state index contributed by atoms with van der Waals surface area (Å²) in [5.74, 6) is 0.445. The van der Waals surface area contributed by atoms with E-state index in [1.807, 2.05) is 0 Å². The minimum atomic E-state index is -0.118. The van der Waals surface area contributed by atoms with Gasteiger partial charge in [0.25, 0.3) is 0 Å². The molecule has 4 heteroatoms. The monoisotopic (exact) mass is 284 g/mol. The highest BCUT2D eigenvalue weighted by molar-refractivity contribution is 5.92. The summed E-state index contributed by atoms with van der Waals surface area (Å²) in [6.07, 6.45) is 8.70. The van der Waals surface area contributed by atoms with Gasteiger partial charge >= 0.3 is 0 Å². The van der Waals surface area contributed by atoms with Crippen LogP contribution in [0.2, 0.25) is 0 Å². The van der Waals surface area contributed by atoms with E-state index < -0.39 is 0 Å². The lowest BCUT2D eigenvalue weighted by Gasteiger charge is -2.47. The van der Waals surface area contributed by atoms with Crippen molar-refractivity contribution in [3.8, 4) is 0 Å². The molecule has 2 saturated carbocycles. The second-order valence-corrected chi connectivity index (χ2v) is 6.02. The molecule has 2 aliphatic carbocycles. The molecule has 1 atom stereocenters. The zero-order valence-corrected chi connectivity index (χ0v) is 12.7. The lowest BCUT2D eigenvalue weighted by Crippen LogP contribution is -2.55. The molecule has 0 aromatic carbocycles. The maximum atomic E-state index is 12.1. The first-order valence-electron chi connectivity index (χ1n) is 8.01. The number of Topliss-reactive ketones (excluding diaryl/α,β-unsaturated/α-hetero) is 1. The summed E-state index contributed by atoms with van der Waals surface area (Å²) in [4.78, 5) is 12.1. The Morgan fingerprint density at radius 1 is 1.05 bits per heavy atom. The van der Waals surface area contributed by atoms with Crippen LogP contribution in [0.5, 0.6) is 0 Å². The van der Waals surface area contributed by atoms with Crippen molar-refractivity contribution < 1.29 is 19.0 Å². The highest BCUT2D eigenvalue weighted by Gasteiger charge is 2.54. The fourth-order valence-electron chi connectivity index (χ4n) is 3.43. The van der Waals surface area contributed by atoms with Gasteiger partial charge in [0.1, 0.15) is 5.78 Å². The standard InChI is InChI=1S/C16H28O4/c1-18-11-12-19-9-6-10-20-15-13-14(17)16(15)7-4-2-3-5-8-16/h15H,2-13H2,1H3. The Kier molecular flexibility index (Phi) is 6.46. The largest absolute Gasteiger partial charge is 0.382 e. The van der Waals surface area contributed by atoms with Gasteiger partial charge in [-0.15, -0.1) is 0 Å². The third-order valence-corrected chi connectivity index (χ3v) is 4.72. The van der Waals surface area contributed by atoms with E-state index in [2.05, 4.69) is 0 Å². The molecule has 0 bridgehead atoms. The molecular weight excluding hydrogens is 256 g/mol. The maximum absolute atomic E-state index is 12.1. The van der Waals surface area contributed by atoms with Crippen LogP contribution in [0.3, 0.4) is 0 Å². The average Bonchev–Trinajstić information content (AvgIpc) is 2.73. The van der Waals surface area contributed by atoms with Crippen LogP contribution in [-0.2, 0) is 19.0 Å². The minimum absolute atomic E-state index is 0.118. The van der Waals surface area contributed by atoms with E-state index in [9.17, 15) is 4.79 Å². The molecule has 0 aromatic rings. The maximum Gasteiger partial charge on any atom is 0.144 e. The Morgan fingerprint density at radius 2 is 1.80 bits per heavy atom. The van der Waals surface area contributed by atoms with E-state index in [1.165, 1.54) is 25.7 Å². The second-order valence-electron chi connectivity index (χ2n) is 6.02. The topological polar surface area (TPSA) is 44.8 Å². The molecule has 1 spiro atoms. The van der Waals surface area contributed by atoms with Gasteiger partial charge in [0.15, 0.2) is 0 Å². The number of ether oxygens (including phenoxy) is 3. The Morgan fingerprint density at radius 3 is 2.45 bits per heavy atom. The number of methoxy groups -OCH3 is 1. The van der Waals surface area contributed by atoms with Crippen molar-refractivity contribution in [2.24, 2.45) is 5.41 Å². The molecule has 0 saturated heterocycles. The van der Waals surface area contributed by atoms with E-state index in [0.29, 0.717) is 38.6 Å². The molecule has 0 N–H and O–H groups in total. The van der Waals surface area contributed by atoms with Gasteiger partial charge < -0.3 is 14.2 Å². The third-order valence-electron chi connectivity index (χ3n) is 4.72. The number of hydrogen-bond donors (Lipinski definition) is 0. The van der Waals surface area contributed by atoms with Crippen LogP contribution in [0, 0.1) is 5.41 Å². The van der Waals surface area contributed by atoms with E-state index in [1.54, 1.807) is 7.11 Å². The number of hydrogen-bond acceptors (Lipinski definition) is 4. The number of carbonyl (C=O) groups is 1. The zero-order chi connectivity index (χ0) is 14.3. The Hall–Kier alpha value is -0.450. The quantitative estimate of drug-likeness (QED) is 0.643. The molecule has 2 rings (SSSR count). The Bertz CT molecular complexity index is 295. The molecule has 20 heavy (non-hydrogen) atoms. The van der Waals surface area contributed by atoms with Gasteiger partial charge in [0.05, 0.1) is 24.7 Å². The van der Waals surface area contributed by atoms with Gasteiger partial charge in [-0.1, -0.05) is 25.7 Å². The van der Waals surface area contributed by atoms with E-state index in [0.717, 1.165) is 19.3 Å². The fraction of sp³-hybridized carbons (Fsp3) is 0.938. The van der Waals surface area contributed by atoms with Crippen LogP contribution >= 0.6 is 0 Å². The van der Waals surface area contributed by atoms with Crippen LogP contribution in [0.4, 0.5) is 0 Å². The molecular formula is C16H28O4. The normalized spacial score (nSPS) is 25.4. The van der Waals surface area contributed by atoms with Crippen molar-refractivity contribution in [2.45, 2.75) is 57.5 Å². The molecule has 2 aliphatic rings. The van der Waals surface area contributed by atoms with Gasteiger partial charge in [0, 0.05) is 26.7 Å². The van der Waals surface area contributed by atoms with E-state index in [4.69, 9.17) is 14.2 Å². The fourth-order valence-corrected chi connectivity index (χ4v) is 3.43. The van der Waals surface area contributed by atoms with Crippen LogP contribution in [0.15, 0.2) is 0 Å². The molecule has 0 aliphatic heterocycles. The van der Waals surface area contributed by atoms with Crippen LogP contribution in [0.1, 0.15) is 51.4 Å². The molecule has 0 aromatic heterocycles. The Labute approximate surface area is 122 Å². The number of carbonyl (C=O) groups excluding carboxylic acids is 1. The number of ketones is 1. The molecule has 0 amide bonds. The van der Waals surface area contributed by atoms with Crippen LogP contribution in [-0.4, -0.2) is 45.4 Å². The highest BCUT2D eigenvalue weighted by Crippen LogP contribution is 2.49. The molecule has 0 radical (unpaired) electrons. The smallest absolute Gasteiger partial charge is 0.144 e. The first-order valence-corrected chi connectivity index (χ1v) is 8.01. The van der Waals surface area contributed by atoms with Crippen molar-refractivity contribution in [3.63, 3.8) is 0 Å². The lowest BCUT2D eigenvalue weighted by atomic mass is 9.60. The van der Waals surface area contributed by atoms with Gasteiger partial charge in [-0.3, -0.25) is 4.79 Å². The number of rotatable bonds is 8. The Balaban J connectivity index is 1.64. The summed E-state index contributed by atoms with van der Waals surface area (Å²) in [5, 5.41) is 0. The van der Waals surface area contributed by atoms with Crippen molar-refractivity contribution in [2.75, 3.05) is 33.5 Å². The highest BCUT2D eigenvalue weighted by atomic mass is 16.5. The van der Waals surface area contributed by atoms with Crippen molar-refractivity contribution in [1.82, 2.24) is 0 Å². The molecule has 4 nitrogen and oxygen atoms in total. The summed E-state index contributed by atoms with van der Waals surface area (Å²) >= 11 is 0. The zero-order valence-electron chi connectivity index (χ0n) is 12.7. The molecule has 1 unspecified atom stereocenters. The molecule has 116 valence electrons. The van der Waals surface area contributed by atoms with E-state index >= 15 is 0 Å². The first kappa shape index (κ1) is 15.9. The van der Waals surface area contributed by atoms with Crippen LogP contribution in [0.25, 0.3) is 0 Å². The summed E-state index contributed by atoms with van der Waals surface area (Å²) in [6, 6.07) is 0. The SMILES string of the molecule is COCCOCCCOC1CC(=O)C12CCCCCC2. The predicted octanol–water partition coefficient (Wildman–Crippen LogP) is 2.74.